The Kier molecular flexibility index (Phi) is 4.78. The standard InChI is InChI=1S/C13H16FN5O/c14-11-3-1-10(2-4-11)5-6-16-13(20)9-19-8-12(7-15)17-18-19/h1-4,8H,5-7,9,15H2,(H,16,20). The maximum Gasteiger partial charge on any atom is 0.241 e. The lowest BCUT2D eigenvalue weighted by atomic mass is 10.1. The van der Waals surface area contributed by atoms with Crippen LogP contribution in [0.1, 0.15) is 11.3 Å². The van der Waals surface area contributed by atoms with Gasteiger partial charge in [-0.15, -0.1) is 5.10 Å². The maximum atomic E-state index is 12.7. The minimum Gasteiger partial charge on any atom is -0.354 e. The average molecular weight is 277 g/mol. The second-order valence-corrected chi connectivity index (χ2v) is 4.34. The number of amides is 1. The van der Waals surface area contributed by atoms with Crippen molar-refractivity contribution in [2.75, 3.05) is 6.54 Å². The van der Waals surface area contributed by atoms with Gasteiger partial charge in [0.25, 0.3) is 0 Å². The van der Waals surface area contributed by atoms with Crippen molar-refractivity contribution in [2.45, 2.75) is 19.5 Å². The molecule has 2 rings (SSSR count). The fraction of sp³-hybridized carbons (Fsp3) is 0.308. The van der Waals surface area contributed by atoms with Crippen molar-refractivity contribution in [1.29, 1.82) is 0 Å². The third kappa shape index (κ3) is 4.13. The third-order valence-corrected chi connectivity index (χ3v) is 2.75. The lowest BCUT2D eigenvalue weighted by molar-refractivity contribution is -0.121. The highest BCUT2D eigenvalue weighted by Crippen LogP contribution is 2.02. The summed E-state index contributed by atoms with van der Waals surface area (Å²) >= 11 is 0. The molecule has 20 heavy (non-hydrogen) atoms. The minimum absolute atomic E-state index is 0.108. The minimum atomic E-state index is -0.264. The number of halogens is 1. The monoisotopic (exact) mass is 277 g/mol. The predicted molar refractivity (Wildman–Crippen MR) is 71.0 cm³/mol. The van der Waals surface area contributed by atoms with E-state index in [1.807, 2.05) is 0 Å². The molecule has 6 nitrogen and oxygen atoms in total. The number of rotatable bonds is 6. The highest BCUT2D eigenvalue weighted by Gasteiger charge is 2.05. The summed E-state index contributed by atoms with van der Waals surface area (Å²) in [5.74, 6) is -0.416. The summed E-state index contributed by atoms with van der Waals surface area (Å²) in [6, 6.07) is 6.21. The largest absolute Gasteiger partial charge is 0.354 e. The molecule has 0 aliphatic carbocycles. The quantitative estimate of drug-likeness (QED) is 0.791. The van der Waals surface area contributed by atoms with E-state index in [9.17, 15) is 9.18 Å². The summed E-state index contributed by atoms with van der Waals surface area (Å²) in [6.45, 7) is 0.894. The van der Waals surface area contributed by atoms with Crippen LogP contribution in [0.4, 0.5) is 4.39 Å². The first-order chi connectivity index (χ1) is 9.67. The first kappa shape index (κ1) is 14.1. The molecule has 0 fully saturated rings. The molecule has 1 aromatic heterocycles. The van der Waals surface area contributed by atoms with Gasteiger partial charge in [-0.05, 0) is 24.1 Å². The van der Waals surface area contributed by atoms with Gasteiger partial charge in [0.05, 0.1) is 11.9 Å². The molecule has 2 aromatic rings. The molecule has 0 saturated carbocycles. The Morgan fingerprint density at radius 1 is 1.35 bits per heavy atom. The van der Waals surface area contributed by atoms with Crippen molar-refractivity contribution in [3.63, 3.8) is 0 Å². The average Bonchev–Trinajstić information content (AvgIpc) is 2.88. The van der Waals surface area contributed by atoms with Gasteiger partial charge in [-0.25, -0.2) is 9.07 Å². The molecule has 3 N–H and O–H groups in total. The molecule has 0 atom stereocenters. The Morgan fingerprint density at radius 2 is 2.10 bits per heavy atom. The summed E-state index contributed by atoms with van der Waals surface area (Å²) in [4.78, 5) is 11.7. The van der Waals surface area contributed by atoms with Crippen LogP contribution in [0, 0.1) is 5.82 Å². The van der Waals surface area contributed by atoms with Gasteiger partial charge in [-0.2, -0.15) is 0 Å². The summed E-state index contributed by atoms with van der Waals surface area (Å²) in [6.07, 6.45) is 2.29. The van der Waals surface area contributed by atoms with Gasteiger partial charge in [-0.3, -0.25) is 4.79 Å². The molecule has 0 bridgehead atoms. The predicted octanol–water partition coefficient (Wildman–Crippen LogP) is 0.235. The number of nitrogens with one attached hydrogen (secondary N) is 1. The zero-order valence-corrected chi connectivity index (χ0v) is 10.9. The molecule has 0 aliphatic rings. The summed E-state index contributed by atoms with van der Waals surface area (Å²) in [5, 5.41) is 10.4. The van der Waals surface area contributed by atoms with Crippen molar-refractivity contribution in [3.8, 4) is 0 Å². The number of carbonyl (C=O) groups excluding carboxylic acids is 1. The van der Waals surface area contributed by atoms with E-state index in [0.717, 1.165) is 5.56 Å². The van der Waals surface area contributed by atoms with E-state index in [1.54, 1.807) is 18.3 Å². The number of hydrogen-bond donors (Lipinski definition) is 2. The molecule has 1 aromatic carbocycles. The number of benzene rings is 1. The summed E-state index contributed by atoms with van der Waals surface area (Å²) in [7, 11) is 0. The Morgan fingerprint density at radius 3 is 2.75 bits per heavy atom. The number of hydrogen-bond acceptors (Lipinski definition) is 4. The van der Waals surface area contributed by atoms with E-state index in [1.165, 1.54) is 16.8 Å². The van der Waals surface area contributed by atoms with E-state index < -0.39 is 0 Å². The molecule has 7 heteroatoms. The fourth-order valence-corrected chi connectivity index (χ4v) is 1.71. The van der Waals surface area contributed by atoms with Crippen molar-refractivity contribution in [2.24, 2.45) is 5.73 Å². The number of nitrogens with zero attached hydrogens (tertiary/aromatic N) is 3. The summed E-state index contributed by atoms with van der Waals surface area (Å²) < 4.78 is 14.2. The molecule has 0 radical (unpaired) electrons. The smallest absolute Gasteiger partial charge is 0.241 e. The number of carbonyl (C=O) groups is 1. The van der Waals surface area contributed by atoms with Gasteiger partial charge in [-0.1, -0.05) is 17.3 Å². The van der Waals surface area contributed by atoms with Crippen LogP contribution < -0.4 is 11.1 Å². The lowest BCUT2D eigenvalue weighted by Crippen LogP contribution is -2.29. The molecule has 0 aliphatic heterocycles. The van der Waals surface area contributed by atoms with Crippen LogP contribution in [0.3, 0.4) is 0 Å². The first-order valence-corrected chi connectivity index (χ1v) is 6.27. The second kappa shape index (κ2) is 6.76. The van der Waals surface area contributed by atoms with Crippen molar-refractivity contribution in [3.05, 3.63) is 47.5 Å². The van der Waals surface area contributed by atoms with E-state index in [2.05, 4.69) is 15.6 Å². The topological polar surface area (TPSA) is 85.8 Å². The van der Waals surface area contributed by atoms with Crippen molar-refractivity contribution >= 4 is 5.91 Å². The van der Waals surface area contributed by atoms with E-state index in [0.29, 0.717) is 25.2 Å². The maximum absolute atomic E-state index is 12.7. The highest BCUT2D eigenvalue weighted by molar-refractivity contribution is 5.75. The molecule has 1 heterocycles. The molecule has 106 valence electrons. The van der Waals surface area contributed by atoms with E-state index in [-0.39, 0.29) is 18.3 Å². The molecule has 1 amide bonds. The SMILES string of the molecule is NCc1cn(CC(=O)NCCc2ccc(F)cc2)nn1. The van der Waals surface area contributed by atoms with Crippen LogP contribution in [0.2, 0.25) is 0 Å². The Labute approximate surface area is 115 Å². The molecule has 0 unspecified atom stereocenters. The Hall–Kier alpha value is -2.28. The Balaban J connectivity index is 1.73. The van der Waals surface area contributed by atoms with E-state index >= 15 is 0 Å². The normalized spacial score (nSPS) is 10.5. The third-order valence-electron chi connectivity index (χ3n) is 2.75. The number of nitrogens with two attached hydrogens (primary N) is 1. The van der Waals surface area contributed by atoms with Gasteiger partial charge in [0, 0.05) is 13.1 Å². The van der Waals surface area contributed by atoms with Gasteiger partial charge in [0.15, 0.2) is 0 Å². The fourth-order valence-electron chi connectivity index (χ4n) is 1.71. The van der Waals surface area contributed by atoms with Crippen LogP contribution in [-0.4, -0.2) is 27.4 Å². The molecule has 0 spiro atoms. The van der Waals surface area contributed by atoms with Gasteiger partial charge in [0.2, 0.25) is 5.91 Å². The zero-order valence-electron chi connectivity index (χ0n) is 10.9. The Bertz CT molecular complexity index is 566. The second-order valence-electron chi connectivity index (χ2n) is 4.34. The molecule has 0 saturated heterocycles. The van der Waals surface area contributed by atoms with Gasteiger partial charge >= 0.3 is 0 Å². The van der Waals surface area contributed by atoms with Crippen LogP contribution in [0.5, 0.6) is 0 Å². The van der Waals surface area contributed by atoms with E-state index in [4.69, 9.17) is 5.73 Å². The number of aromatic nitrogens is 3. The van der Waals surface area contributed by atoms with Gasteiger partial charge in [0.1, 0.15) is 12.4 Å². The highest BCUT2D eigenvalue weighted by atomic mass is 19.1. The van der Waals surface area contributed by atoms with Crippen LogP contribution in [-0.2, 0) is 24.3 Å². The molecular weight excluding hydrogens is 261 g/mol. The van der Waals surface area contributed by atoms with Crippen LogP contribution in [0.15, 0.2) is 30.5 Å². The van der Waals surface area contributed by atoms with Gasteiger partial charge < -0.3 is 11.1 Å². The molecular formula is C13H16FN5O. The van der Waals surface area contributed by atoms with Crippen molar-refractivity contribution < 1.29 is 9.18 Å². The zero-order chi connectivity index (χ0) is 14.4. The lowest BCUT2D eigenvalue weighted by Gasteiger charge is -2.05. The van der Waals surface area contributed by atoms with Crippen molar-refractivity contribution in [1.82, 2.24) is 20.3 Å². The van der Waals surface area contributed by atoms with Crippen LogP contribution in [0.25, 0.3) is 0 Å². The van der Waals surface area contributed by atoms with Crippen LogP contribution >= 0.6 is 0 Å². The summed E-state index contributed by atoms with van der Waals surface area (Å²) in [5.41, 5.74) is 7.02. The first-order valence-electron chi connectivity index (χ1n) is 6.27.